The number of likely N-dealkylation sites (tertiary alicyclic amines) is 1. The van der Waals surface area contributed by atoms with Crippen LogP contribution >= 0.6 is 0 Å². The van der Waals surface area contributed by atoms with Crippen LogP contribution in [0.15, 0.2) is 54.6 Å². The Labute approximate surface area is 137 Å². The molecule has 3 rings (SSSR count). The molecular weight excluding hydrogens is 286 g/mol. The van der Waals surface area contributed by atoms with Crippen LogP contribution in [-0.4, -0.2) is 28.5 Å². The number of phenolic OH excluding ortho intramolecular Hbond substituents is 1. The molecule has 120 valence electrons. The van der Waals surface area contributed by atoms with Gasteiger partial charge in [0.1, 0.15) is 5.75 Å². The third-order valence-electron chi connectivity index (χ3n) is 4.61. The molecule has 2 aromatic carbocycles. The Morgan fingerprint density at radius 1 is 1.09 bits per heavy atom. The fraction of sp³-hybridized carbons (Fsp3) is 0.350. The van der Waals surface area contributed by atoms with E-state index in [1.165, 1.54) is 5.56 Å². The van der Waals surface area contributed by atoms with Crippen molar-refractivity contribution in [2.24, 2.45) is 0 Å². The number of benzene rings is 2. The van der Waals surface area contributed by atoms with Crippen LogP contribution in [0.4, 0.5) is 0 Å². The lowest BCUT2D eigenvalue weighted by atomic mass is 10.0. The van der Waals surface area contributed by atoms with Crippen molar-refractivity contribution in [2.45, 2.75) is 38.1 Å². The van der Waals surface area contributed by atoms with Crippen LogP contribution in [0.1, 0.15) is 30.4 Å². The molecule has 1 unspecified atom stereocenters. The highest BCUT2D eigenvalue weighted by Crippen LogP contribution is 2.23. The minimum absolute atomic E-state index is 0.201. The van der Waals surface area contributed by atoms with Crippen LogP contribution in [-0.2, 0) is 17.6 Å². The molecule has 3 heteroatoms. The molecule has 1 atom stereocenters. The second kappa shape index (κ2) is 7.32. The summed E-state index contributed by atoms with van der Waals surface area (Å²) in [5, 5.41) is 9.81. The van der Waals surface area contributed by atoms with Crippen molar-refractivity contribution < 1.29 is 9.90 Å². The van der Waals surface area contributed by atoms with Gasteiger partial charge in [-0.2, -0.15) is 0 Å². The summed E-state index contributed by atoms with van der Waals surface area (Å²) < 4.78 is 0. The van der Waals surface area contributed by atoms with Gasteiger partial charge in [0.05, 0.1) is 0 Å². The molecule has 3 nitrogen and oxygen atoms in total. The van der Waals surface area contributed by atoms with Crippen LogP contribution in [0.3, 0.4) is 0 Å². The van der Waals surface area contributed by atoms with Gasteiger partial charge in [-0.1, -0.05) is 48.5 Å². The van der Waals surface area contributed by atoms with E-state index in [1.54, 1.807) is 12.1 Å². The van der Waals surface area contributed by atoms with Crippen molar-refractivity contribution in [1.82, 2.24) is 4.90 Å². The van der Waals surface area contributed by atoms with E-state index in [9.17, 15) is 9.90 Å². The molecule has 0 spiro atoms. The first-order valence-electron chi connectivity index (χ1n) is 8.34. The number of nitrogens with zero attached hydrogens (tertiary/aromatic N) is 1. The molecule has 1 aliphatic heterocycles. The average molecular weight is 309 g/mol. The third-order valence-corrected chi connectivity index (χ3v) is 4.61. The van der Waals surface area contributed by atoms with E-state index in [0.29, 0.717) is 18.9 Å². The highest BCUT2D eigenvalue weighted by molar-refractivity contribution is 5.77. The number of phenols is 1. The van der Waals surface area contributed by atoms with Gasteiger partial charge >= 0.3 is 0 Å². The van der Waals surface area contributed by atoms with Crippen molar-refractivity contribution in [2.75, 3.05) is 6.54 Å². The largest absolute Gasteiger partial charge is 0.508 e. The molecule has 1 amide bonds. The summed E-state index contributed by atoms with van der Waals surface area (Å²) in [5.41, 5.74) is 2.14. The maximum atomic E-state index is 12.6. The molecule has 0 bridgehead atoms. The van der Waals surface area contributed by atoms with Crippen molar-refractivity contribution >= 4 is 5.91 Å². The van der Waals surface area contributed by atoms with Gasteiger partial charge < -0.3 is 10.0 Å². The topological polar surface area (TPSA) is 40.5 Å². The van der Waals surface area contributed by atoms with Crippen LogP contribution < -0.4 is 0 Å². The summed E-state index contributed by atoms with van der Waals surface area (Å²) in [5.74, 6) is 0.481. The van der Waals surface area contributed by atoms with E-state index in [0.717, 1.165) is 31.4 Å². The van der Waals surface area contributed by atoms with Gasteiger partial charge in [-0.05, 0) is 42.9 Å². The van der Waals surface area contributed by atoms with Gasteiger partial charge in [0, 0.05) is 19.0 Å². The quantitative estimate of drug-likeness (QED) is 0.917. The second-order valence-corrected chi connectivity index (χ2v) is 6.20. The number of para-hydroxylation sites is 1. The third kappa shape index (κ3) is 3.92. The highest BCUT2D eigenvalue weighted by atomic mass is 16.3. The lowest BCUT2D eigenvalue weighted by Crippen LogP contribution is -2.36. The van der Waals surface area contributed by atoms with E-state index in [-0.39, 0.29) is 11.7 Å². The predicted octanol–water partition coefficient (Wildman–Crippen LogP) is 3.56. The number of hydrogen-bond acceptors (Lipinski definition) is 2. The van der Waals surface area contributed by atoms with E-state index in [4.69, 9.17) is 0 Å². The Kier molecular flexibility index (Phi) is 4.96. The zero-order chi connectivity index (χ0) is 16.1. The van der Waals surface area contributed by atoms with Gasteiger partial charge in [0.25, 0.3) is 0 Å². The molecule has 0 aliphatic carbocycles. The normalized spacial score (nSPS) is 17.4. The monoisotopic (exact) mass is 309 g/mol. The number of amides is 1. The molecule has 1 saturated heterocycles. The Morgan fingerprint density at radius 3 is 2.61 bits per heavy atom. The lowest BCUT2D eigenvalue weighted by Gasteiger charge is -2.25. The minimum atomic E-state index is 0.201. The average Bonchev–Trinajstić information content (AvgIpc) is 3.03. The van der Waals surface area contributed by atoms with E-state index < -0.39 is 0 Å². The molecule has 1 fully saturated rings. The smallest absolute Gasteiger partial charge is 0.223 e. The number of carbonyl (C=O) groups excluding carboxylic acids is 1. The number of rotatable bonds is 5. The molecule has 23 heavy (non-hydrogen) atoms. The summed E-state index contributed by atoms with van der Waals surface area (Å²) in [4.78, 5) is 14.6. The minimum Gasteiger partial charge on any atom is -0.508 e. The number of carbonyl (C=O) groups is 1. The Bertz CT molecular complexity index is 654. The first-order valence-corrected chi connectivity index (χ1v) is 8.34. The molecule has 1 heterocycles. The molecular formula is C20H23NO2. The summed E-state index contributed by atoms with van der Waals surface area (Å²) in [6.07, 6.45) is 4.16. The summed E-state index contributed by atoms with van der Waals surface area (Å²) >= 11 is 0. The van der Waals surface area contributed by atoms with Crippen LogP contribution in [0, 0.1) is 0 Å². The number of aryl methyl sites for hydroxylation is 1. The summed E-state index contributed by atoms with van der Waals surface area (Å²) in [6, 6.07) is 17.9. The fourth-order valence-electron chi connectivity index (χ4n) is 3.37. The van der Waals surface area contributed by atoms with Crippen LogP contribution in [0.25, 0.3) is 0 Å². The van der Waals surface area contributed by atoms with E-state index in [2.05, 4.69) is 24.3 Å². The lowest BCUT2D eigenvalue weighted by molar-refractivity contribution is -0.131. The number of hydrogen-bond donors (Lipinski definition) is 1. The molecule has 0 saturated carbocycles. The SMILES string of the molecule is O=C(CCc1ccccc1O)N1CCCC1Cc1ccccc1. The number of aromatic hydroxyl groups is 1. The summed E-state index contributed by atoms with van der Waals surface area (Å²) in [7, 11) is 0. The standard InChI is InChI=1S/C20H23NO2/c22-19-11-5-4-9-17(19)12-13-20(23)21-14-6-10-18(21)15-16-7-2-1-3-8-16/h1-5,7-9,11,18,22H,6,10,12-15H2. The Morgan fingerprint density at radius 2 is 1.83 bits per heavy atom. The molecule has 0 radical (unpaired) electrons. The van der Waals surface area contributed by atoms with Gasteiger partial charge in [-0.3, -0.25) is 4.79 Å². The van der Waals surface area contributed by atoms with Crippen LogP contribution in [0.5, 0.6) is 5.75 Å². The van der Waals surface area contributed by atoms with Crippen molar-refractivity contribution in [1.29, 1.82) is 0 Å². The van der Waals surface area contributed by atoms with Crippen LogP contribution in [0.2, 0.25) is 0 Å². The van der Waals surface area contributed by atoms with Crippen molar-refractivity contribution in [3.63, 3.8) is 0 Å². The zero-order valence-corrected chi connectivity index (χ0v) is 13.3. The van der Waals surface area contributed by atoms with E-state index in [1.807, 2.05) is 23.1 Å². The molecule has 0 aromatic heterocycles. The van der Waals surface area contributed by atoms with Crippen molar-refractivity contribution in [3.8, 4) is 5.75 Å². The van der Waals surface area contributed by atoms with Gasteiger partial charge in [0.2, 0.25) is 5.91 Å². The first-order chi connectivity index (χ1) is 11.2. The van der Waals surface area contributed by atoms with Gasteiger partial charge in [-0.25, -0.2) is 0 Å². The second-order valence-electron chi connectivity index (χ2n) is 6.20. The first kappa shape index (κ1) is 15.6. The molecule has 1 N–H and O–H groups in total. The fourth-order valence-corrected chi connectivity index (χ4v) is 3.37. The predicted molar refractivity (Wildman–Crippen MR) is 91.3 cm³/mol. The van der Waals surface area contributed by atoms with Gasteiger partial charge in [-0.15, -0.1) is 0 Å². The zero-order valence-electron chi connectivity index (χ0n) is 13.3. The maximum Gasteiger partial charge on any atom is 0.223 e. The van der Waals surface area contributed by atoms with Crippen molar-refractivity contribution in [3.05, 3.63) is 65.7 Å². The molecule has 2 aromatic rings. The molecule has 1 aliphatic rings. The Hall–Kier alpha value is -2.29. The maximum absolute atomic E-state index is 12.6. The summed E-state index contributed by atoms with van der Waals surface area (Å²) in [6.45, 7) is 0.858. The Balaban J connectivity index is 1.59. The van der Waals surface area contributed by atoms with Gasteiger partial charge in [0.15, 0.2) is 0 Å². The van der Waals surface area contributed by atoms with E-state index >= 15 is 0 Å². The highest BCUT2D eigenvalue weighted by Gasteiger charge is 2.28.